The van der Waals surface area contributed by atoms with E-state index in [1.54, 1.807) is 6.20 Å². The van der Waals surface area contributed by atoms with Gasteiger partial charge < -0.3 is 4.74 Å². The Morgan fingerprint density at radius 3 is 2.40 bits per heavy atom. The van der Waals surface area contributed by atoms with Crippen molar-refractivity contribution in [1.82, 2.24) is 14.2 Å². The van der Waals surface area contributed by atoms with Crippen LogP contribution in [0.4, 0.5) is 0 Å². The molecular formula is C22H23N3O4S. The topological polar surface area (TPSA) is 79.8 Å². The molecule has 2 heterocycles. The van der Waals surface area contributed by atoms with Crippen LogP contribution in [0.3, 0.4) is 0 Å². The number of para-hydroxylation sites is 1. The Morgan fingerprint density at radius 1 is 1.00 bits per heavy atom. The molecule has 1 saturated heterocycles. The molecule has 0 amide bonds. The Hall–Kier alpha value is -2.81. The molecule has 4 rings (SSSR count). The van der Waals surface area contributed by atoms with Gasteiger partial charge in [-0.3, -0.25) is 9.88 Å². The van der Waals surface area contributed by atoms with E-state index >= 15 is 0 Å². The van der Waals surface area contributed by atoms with E-state index in [0.717, 1.165) is 23.0 Å². The molecule has 1 aliphatic rings. The maximum absolute atomic E-state index is 13.0. The summed E-state index contributed by atoms with van der Waals surface area (Å²) in [6.45, 7) is 2.85. The first kappa shape index (κ1) is 20.5. The predicted octanol–water partition coefficient (Wildman–Crippen LogP) is 2.53. The summed E-state index contributed by atoms with van der Waals surface area (Å²) < 4.78 is 32.1. The first-order valence-electron chi connectivity index (χ1n) is 9.72. The maximum atomic E-state index is 13.0. The van der Waals surface area contributed by atoms with Gasteiger partial charge in [0.05, 0.1) is 23.1 Å². The van der Waals surface area contributed by atoms with Crippen molar-refractivity contribution < 1.29 is 17.9 Å². The van der Waals surface area contributed by atoms with Gasteiger partial charge in [-0.25, -0.2) is 13.2 Å². The highest BCUT2D eigenvalue weighted by Gasteiger charge is 2.28. The third-order valence-electron chi connectivity index (χ3n) is 5.35. The van der Waals surface area contributed by atoms with E-state index in [-0.39, 0.29) is 4.90 Å². The molecule has 1 fully saturated rings. The van der Waals surface area contributed by atoms with E-state index in [0.29, 0.717) is 31.7 Å². The predicted molar refractivity (Wildman–Crippen MR) is 114 cm³/mol. The second-order valence-corrected chi connectivity index (χ2v) is 9.13. The van der Waals surface area contributed by atoms with Gasteiger partial charge in [-0.1, -0.05) is 24.3 Å². The number of sulfonamides is 1. The zero-order chi connectivity index (χ0) is 21.1. The molecule has 0 N–H and O–H groups in total. The molecule has 0 radical (unpaired) electrons. The summed E-state index contributed by atoms with van der Waals surface area (Å²) in [5, 5.41) is 1.10. The SMILES string of the molecule is COC(=O)c1ccc(S(=O)(=O)N2CCN(Cc3cccc4cccnc34)CC2)cc1. The number of hydrogen-bond donors (Lipinski definition) is 0. The lowest BCUT2D eigenvalue weighted by molar-refractivity contribution is 0.0600. The van der Waals surface area contributed by atoms with Crippen molar-refractivity contribution in [3.63, 3.8) is 0 Å². The second kappa shape index (κ2) is 8.51. The van der Waals surface area contributed by atoms with Crippen molar-refractivity contribution in [1.29, 1.82) is 0 Å². The molecule has 2 aromatic carbocycles. The number of esters is 1. The lowest BCUT2D eigenvalue weighted by Crippen LogP contribution is -2.48. The van der Waals surface area contributed by atoms with E-state index in [1.165, 1.54) is 35.7 Å². The van der Waals surface area contributed by atoms with Gasteiger partial charge in [-0.05, 0) is 35.9 Å². The van der Waals surface area contributed by atoms with Gasteiger partial charge in [-0.2, -0.15) is 4.31 Å². The van der Waals surface area contributed by atoms with Crippen LogP contribution in [0, 0.1) is 0 Å². The average molecular weight is 426 g/mol. The largest absolute Gasteiger partial charge is 0.465 e. The number of benzene rings is 2. The number of piperazine rings is 1. The molecule has 0 unspecified atom stereocenters. The fourth-order valence-electron chi connectivity index (χ4n) is 3.69. The third-order valence-corrected chi connectivity index (χ3v) is 7.27. The number of methoxy groups -OCH3 is 1. The van der Waals surface area contributed by atoms with Crippen LogP contribution in [-0.2, 0) is 21.3 Å². The molecule has 0 saturated carbocycles. The summed E-state index contributed by atoms with van der Waals surface area (Å²) in [5.74, 6) is -0.490. The number of fused-ring (bicyclic) bond motifs is 1. The summed E-state index contributed by atoms with van der Waals surface area (Å²) in [5.41, 5.74) is 2.45. The lowest BCUT2D eigenvalue weighted by Gasteiger charge is -2.34. The molecule has 3 aromatic rings. The van der Waals surface area contributed by atoms with Crippen molar-refractivity contribution in [3.8, 4) is 0 Å². The van der Waals surface area contributed by atoms with Crippen molar-refractivity contribution in [3.05, 3.63) is 71.9 Å². The normalized spacial score (nSPS) is 15.9. The van der Waals surface area contributed by atoms with Crippen LogP contribution >= 0.6 is 0 Å². The second-order valence-electron chi connectivity index (χ2n) is 7.19. The fraction of sp³-hybridized carbons (Fsp3) is 0.273. The van der Waals surface area contributed by atoms with E-state index in [1.807, 2.05) is 24.3 Å². The average Bonchev–Trinajstić information content (AvgIpc) is 2.79. The molecular weight excluding hydrogens is 402 g/mol. The summed E-state index contributed by atoms with van der Waals surface area (Å²) in [4.78, 5) is 18.5. The smallest absolute Gasteiger partial charge is 0.337 e. The monoisotopic (exact) mass is 425 g/mol. The first-order valence-corrected chi connectivity index (χ1v) is 11.2. The summed E-state index contributed by atoms with van der Waals surface area (Å²) >= 11 is 0. The molecule has 1 aromatic heterocycles. The van der Waals surface area contributed by atoms with Crippen LogP contribution in [0.5, 0.6) is 0 Å². The van der Waals surface area contributed by atoms with Gasteiger partial charge in [0.2, 0.25) is 10.0 Å². The third kappa shape index (κ3) is 4.07. The Morgan fingerprint density at radius 2 is 1.70 bits per heavy atom. The van der Waals surface area contributed by atoms with Crippen molar-refractivity contribution in [2.75, 3.05) is 33.3 Å². The van der Waals surface area contributed by atoms with Gasteiger partial charge in [0, 0.05) is 44.3 Å². The number of aromatic nitrogens is 1. The zero-order valence-electron chi connectivity index (χ0n) is 16.7. The fourth-order valence-corrected chi connectivity index (χ4v) is 5.12. The highest BCUT2D eigenvalue weighted by Crippen LogP contribution is 2.21. The zero-order valence-corrected chi connectivity index (χ0v) is 17.5. The Labute approximate surface area is 175 Å². The van der Waals surface area contributed by atoms with Gasteiger partial charge in [-0.15, -0.1) is 0 Å². The van der Waals surface area contributed by atoms with E-state index in [2.05, 4.69) is 20.7 Å². The van der Waals surface area contributed by atoms with Gasteiger partial charge in [0.25, 0.3) is 0 Å². The van der Waals surface area contributed by atoms with Crippen LogP contribution in [0.15, 0.2) is 65.7 Å². The molecule has 7 nitrogen and oxygen atoms in total. The summed E-state index contributed by atoms with van der Waals surface area (Å²) in [6.07, 6.45) is 1.79. The Balaban J connectivity index is 1.43. The highest BCUT2D eigenvalue weighted by molar-refractivity contribution is 7.89. The van der Waals surface area contributed by atoms with Crippen LogP contribution in [0.2, 0.25) is 0 Å². The van der Waals surface area contributed by atoms with Crippen LogP contribution in [0.1, 0.15) is 15.9 Å². The van der Waals surface area contributed by atoms with E-state index < -0.39 is 16.0 Å². The van der Waals surface area contributed by atoms with Crippen LogP contribution < -0.4 is 0 Å². The van der Waals surface area contributed by atoms with Crippen molar-refractivity contribution in [2.24, 2.45) is 0 Å². The molecule has 1 aliphatic heterocycles. The van der Waals surface area contributed by atoms with Crippen LogP contribution in [-0.4, -0.2) is 61.9 Å². The minimum absolute atomic E-state index is 0.182. The summed E-state index contributed by atoms with van der Waals surface area (Å²) in [7, 11) is -2.31. The highest BCUT2D eigenvalue weighted by atomic mass is 32.2. The molecule has 156 valence electrons. The minimum Gasteiger partial charge on any atom is -0.465 e. The summed E-state index contributed by atoms with van der Waals surface area (Å²) in [6, 6.07) is 16.0. The Bertz CT molecular complexity index is 1150. The number of carbonyl (C=O) groups is 1. The molecule has 8 heteroatoms. The molecule has 0 atom stereocenters. The van der Waals surface area contributed by atoms with Crippen molar-refractivity contribution >= 4 is 26.9 Å². The Kier molecular flexibility index (Phi) is 5.80. The van der Waals surface area contributed by atoms with Gasteiger partial charge >= 0.3 is 5.97 Å². The number of rotatable bonds is 5. The molecule has 0 bridgehead atoms. The standard InChI is InChI=1S/C22H23N3O4S/c1-29-22(26)18-7-9-20(10-8-18)30(27,28)25-14-12-24(13-15-25)16-19-5-2-4-17-6-3-11-23-21(17)19/h2-11H,12-16H2,1H3. The number of nitrogens with zero attached hydrogens (tertiary/aromatic N) is 3. The number of hydrogen-bond acceptors (Lipinski definition) is 6. The number of pyridine rings is 1. The molecule has 0 aliphatic carbocycles. The molecule has 30 heavy (non-hydrogen) atoms. The van der Waals surface area contributed by atoms with Crippen LogP contribution in [0.25, 0.3) is 10.9 Å². The van der Waals surface area contributed by atoms with Crippen molar-refractivity contribution in [2.45, 2.75) is 11.4 Å². The lowest BCUT2D eigenvalue weighted by atomic mass is 10.1. The number of carbonyl (C=O) groups excluding carboxylic acids is 1. The van der Waals surface area contributed by atoms with E-state index in [9.17, 15) is 13.2 Å². The number of ether oxygens (including phenoxy) is 1. The maximum Gasteiger partial charge on any atom is 0.337 e. The quantitative estimate of drug-likeness (QED) is 0.585. The van der Waals surface area contributed by atoms with Gasteiger partial charge in [0.15, 0.2) is 0 Å². The first-order chi connectivity index (χ1) is 14.5. The molecule has 0 spiro atoms. The minimum atomic E-state index is -3.60. The van der Waals surface area contributed by atoms with Gasteiger partial charge in [0.1, 0.15) is 0 Å². The van der Waals surface area contributed by atoms with E-state index in [4.69, 9.17) is 0 Å².